The SMILES string of the molecule is CC(C)CNC(=O)[C@H](C)[C@@H](O)[C@H](O)[C@H](Cc1cc(F)cc(F)c1)NC(=O)c1csc(NS(C)(=O)=O)n1. The molecule has 14 heteroatoms. The van der Waals surface area contributed by atoms with Crippen LogP contribution >= 0.6 is 11.3 Å². The highest BCUT2D eigenvalue weighted by Crippen LogP contribution is 2.19. The largest absolute Gasteiger partial charge is 0.390 e. The molecule has 0 aliphatic heterocycles. The Morgan fingerprint density at radius 3 is 2.25 bits per heavy atom. The zero-order chi connectivity index (χ0) is 27.2. The van der Waals surface area contributed by atoms with Gasteiger partial charge in [0.05, 0.1) is 24.3 Å². The van der Waals surface area contributed by atoms with Crippen LogP contribution < -0.4 is 15.4 Å². The molecule has 0 aliphatic rings. The summed E-state index contributed by atoms with van der Waals surface area (Å²) in [4.78, 5) is 29.1. The lowest BCUT2D eigenvalue weighted by atomic mass is 9.90. The van der Waals surface area contributed by atoms with Gasteiger partial charge < -0.3 is 20.8 Å². The normalized spacial score (nSPS) is 15.1. The zero-order valence-electron chi connectivity index (χ0n) is 20.2. The molecule has 2 amide bonds. The average Bonchev–Trinajstić information content (AvgIpc) is 3.21. The summed E-state index contributed by atoms with van der Waals surface area (Å²) < 4.78 is 52.4. The van der Waals surface area contributed by atoms with Gasteiger partial charge in [-0.15, -0.1) is 11.3 Å². The van der Waals surface area contributed by atoms with Gasteiger partial charge in [0, 0.05) is 18.0 Å². The third-order valence-corrected chi connectivity index (χ3v) is 6.53. The Hall–Kier alpha value is -2.68. The molecule has 1 aromatic heterocycles. The minimum absolute atomic E-state index is 0.0672. The fraction of sp³-hybridized carbons (Fsp3) is 0.500. The second-order valence-electron chi connectivity index (χ2n) is 8.88. The van der Waals surface area contributed by atoms with Crippen molar-refractivity contribution in [3.8, 4) is 0 Å². The maximum atomic E-state index is 13.7. The molecule has 0 saturated carbocycles. The third-order valence-electron chi connectivity index (χ3n) is 5.08. The van der Waals surface area contributed by atoms with Crippen molar-refractivity contribution < 1.29 is 37.0 Å². The average molecular weight is 549 g/mol. The lowest BCUT2D eigenvalue weighted by Crippen LogP contribution is -2.53. The quantitative estimate of drug-likeness (QED) is 0.267. The highest BCUT2D eigenvalue weighted by molar-refractivity contribution is 7.92. The Morgan fingerprint density at radius 2 is 1.69 bits per heavy atom. The van der Waals surface area contributed by atoms with E-state index in [0.29, 0.717) is 12.6 Å². The number of thiazole rings is 1. The highest BCUT2D eigenvalue weighted by Gasteiger charge is 2.35. The van der Waals surface area contributed by atoms with E-state index >= 15 is 0 Å². The number of halogens is 2. The van der Waals surface area contributed by atoms with Crippen LogP contribution in [0.15, 0.2) is 23.6 Å². The van der Waals surface area contributed by atoms with Gasteiger partial charge in [0.1, 0.15) is 23.4 Å². The van der Waals surface area contributed by atoms with Gasteiger partial charge in [-0.05, 0) is 30.0 Å². The molecule has 2 aromatic rings. The van der Waals surface area contributed by atoms with Gasteiger partial charge in [-0.2, -0.15) is 0 Å². The number of nitrogens with zero attached hydrogens (tertiary/aromatic N) is 1. The Morgan fingerprint density at radius 1 is 1.08 bits per heavy atom. The molecule has 5 N–H and O–H groups in total. The summed E-state index contributed by atoms with van der Waals surface area (Å²) in [6.45, 7) is 5.51. The second kappa shape index (κ2) is 12.5. The number of benzene rings is 1. The summed E-state index contributed by atoms with van der Waals surface area (Å²) >= 11 is 0.845. The lowest BCUT2D eigenvalue weighted by Gasteiger charge is -2.30. The number of anilines is 1. The molecule has 0 bridgehead atoms. The summed E-state index contributed by atoms with van der Waals surface area (Å²) in [6, 6.07) is 1.39. The number of hydrogen-bond donors (Lipinski definition) is 5. The monoisotopic (exact) mass is 548 g/mol. The third kappa shape index (κ3) is 9.08. The van der Waals surface area contributed by atoms with E-state index < -0.39 is 57.6 Å². The van der Waals surface area contributed by atoms with Gasteiger partial charge in [-0.3, -0.25) is 14.3 Å². The molecule has 0 saturated heterocycles. The molecule has 0 spiro atoms. The van der Waals surface area contributed by atoms with Gasteiger partial charge in [-0.25, -0.2) is 22.2 Å². The van der Waals surface area contributed by atoms with Crippen LogP contribution in [0.1, 0.15) is 36.8 Å². The molecule has 0 fully saturated rings. The number of hydrogen-bond acceptors (Lipinski definition) is 8. The maximum Gasteiger partial charge on any atom is 0.271 e. The van der Waals surface area contributed by atoms with E-state index in [1.165, 1.54) is 12.3 Å². The number of rotatable bonds is 12. The van der Waals surface area contributed by atoms with E-state index in [1.54, 1.807) is 0 Å². The predicted octanol–water partition coefficient (Wildman–Crippen LogP) is 1.26. The van der Waals surface area contributed by atoms with Gasteiger partial charge in [0.25, 0.3) is 5.91 Å². The number of aliphatic hydroxyl groups excluding tert-OH is 2. The van der Waals surface area contributed by atoms with Crippen molar-refractivity contribution in [3.05, 3.63) is 46.5 Å². The summed E-state index contributed by atoms with van der Waals surface area (Å²) in [5.41, 5.74) is -0.107. The van der Waals surface area contributed by atoms with Crippen LogP contribution in [0.4, 0.5) is 13.9 Å². The molecule has 2 rings (SSSR count). The van der Waals surface area contributed by atoms with Crippen LogP contribution in [0.3, 0.4) is 0 Å². The topological polar surface area (TPSA) is 158 Å². The number of carbonyl (C=O) groups excluding carboxylic acids is 2. The van der Waals surface area contributed by atoms with Crippen LogP contribution in [0, 0.1) is 23.5 Å². The van der Waals surface area contributed by atoms with Crippen LogP contribution in [-0.2, 0) is 21.2 Å². The molecule has 10 nitrogen and oxygen atoms in total. The molecule has 0 aliphatic carbocycles. The predicted molar refractivity (Wildman–Crippen MR) is 131 cm³/mol. The molecule has 0 radical (unpaired) electrons. The molecule has 1 aromatic carbocycles. The Balaban J connectivity index is 2.26. The van der Waals surface area contributed by atoms with E-state index in [2.05, 4.69) is 20.3 Å². The first-order chi connectivity index (χ1) is 16.7. The van der Waals surface area contributed by atoms with E-state index in [-0.39, 0.29) is 28.7 Å². The lowest BCUT2D eigenvalue weighted by molar-refractivity contribution is -0.131. The minimum Gasteiger partial charge on any atom is -0.390 e. The molecule has 4 atom stereocenters. The maximum absolute atomic E-state index is 13.7. The second-order valence-corrected chi connectivity index (χ2v) is 11.5. The fourth-order valence-corrected chi connectivity index (χ4v) is 4.76. The van der Waals surface area contributed by atoms with Gasteiger partial charge in [0.15, 0.2) is 5.13 Å². The first kappa shape index (κ1) is 29.5. The number of aliphatic hydroxyl groups is 2. The van der Waals surface area contributed by atoms with E-state index in [4.69, 9.17) is 0 Å². The highest BCUT2D eigenvalue weighted by atomic mass is 32.2. The number of carbonyl (C=O) groups is 2. The molecule has 0 unspecified atom stereocenters. The first-order valence-electron chi connectivity index (χ1n) is 11.0. The molecule has 36 heavy (non-hydrogen) atoms. The van der Waals surface area contributed by atoms with Gasteiger partial charge >= 0.3 is 0 Å². The van der Waals surface area contributed by atoms with Crippen LogP contribution in [0.25, 0.3) is 0 Å². The molecule has 1 heterocycles. The van der Waals surface area contributed by atoms with Crippen LogP contribution in [-0.4, -0.2) is 66.5 Å². The van der Waals surface area contributed by atoms with Crippen molar-refractivity contribution in [2.24, 2.45) is 11.8 Å². The Kier molecular flexibility index (Phi) is 10.3. The van der Waals surface area contributed by atoms with Crippen molar-refractivity contribution in [1.29, 1.82) is 0 Å². The van der Waals surface area contributed by atoms with Crippen molar-refractivity contribution in [3.63, 3.8) is 0 Å². The molecular weight excluding hydrogens is 518 g/mol. The van der Waals surface area contributed by atoms with Crippen molar-refractivity contribution in [2.45, 2.75) is 45.4 Å². The fourth-order valence-electron chi connectivity index (χ4n) is 3.22. The summed E-state index contributed by atoms with van der Waals surface area (Å²) in [7, 11) is -3.63. The van der Waals surface area contributed by atoms with E-state index in [9.17, 15) is 37.0 Å². The van der Waals surface area contributed by atoms with Gasteiger partial charge in [0.2, 0.25) is 15.9 Å². The minimum atomic E-state index is -3.63. The molecular formula is C22H30F2N4O6S2. The van der Waals surface area contributed by atoms with Gasteiger partial charge in [-0.1, -0.05) is 20.8 Å². The van der Waals surface area contributed by atoms with Crippen molar-refractivity contribution >= 4 is 38.3 Å². The Bertz CT molecular complexity index is 1150. The summed E-state index contributed by atoms with van der Waals surface area (Å²) in [6.07, 6.45) is -2.73. The zero-order valence-corrected chi connectivity index (χ0v) is 21.8. The number of aromatic nitrogens is 1. The summed E-state index contributed by atoms with van der Waals surface area (Å²) in [5, 5.41) is 27.9. The Labute approximate surface area is 212 Å². The number of nitrogens with one attached hydrogen (secondary N) is 3. The summed E-state index contributed by atoms with van der Waals surface area (Å²) in [5.74, 6) is -4.03. The van der Waals surface area contributed by atoms with Crippen molar-refractivity contribution in [1.82, 2.24) is 15.6 Å². The van der Waals surface area contributed by atoms with Crippen LogP contribution in [0.5, 0.6) is 0 Å². The van der Waals surface area contributed by atoms with Crippen molar-refractivity contribution in [2.75, 3.05) is 17.5 Å². The standard InChI is InChI=1S/C22H30F2N4O6S2/c1-11(2)9-25-20(31)12(3)18(29)19(30)16(7-13-5-14(23)8-15(24)6-13)26-21(32)17-10-35-22(27-17)28-36(4,33)34/h5-6,8,10-12,16,18-19,29-30H,7,9H2,1-4H3,(H,25,31)(H,26,32)(H,27,28)/t12-,16+,18-,19-/m1/s1. The van der Waals surface area contributed by atoms with Crippen LogP contribution in [0.2, 0.25) is 0 Å². The van der Waals surface area contributed by atoms with E-state index in [0.717, 1.165) is 29.7 Å². The number of amides is 2. The smallest absolute Gasteiger partial charge is 0.271 e. The van der Waals surface area contributed by atoms with E-state index in [1.807, 2.05) is 13.8 Å². The molecule has 200 valence electrons. The first-order valence-corrected chi connectivity index (χ1v) is 13.8. The number of sulfonamides is 1.